The minimum absolute atomic E-state index is 0.0389. The summed E-state index contributed by atoms with van der Waals surface area (Å²) in [5.74, 6) is 0.0630. The van der Waals surface area contributed by atoms with Crippen molar-refractivity contribution in [1.29, 1.82) is 0 Å². The second-order valence-electron chi connectivity index (χ2n) is 9.95. The molecule has 0 unspecified atom stereocenters. The molecule has 2 heterocycles. The number of anilines is 1. The molecular weight excluding hydrogens is 458 g/mol. The van der Waals surface area contributed by atoms with Crippen LogP contribution in [0.15, 0.2) is 48.5 Å². The normalized spacial score (nSPS) is 24.1. The first-order valence-electron chi connectivity index (χ1n) is 12.8. The van der Waals surface area contributed by atoms with Crippen LogP contribution in [-0.4, -0.2) is 60.6 Å². The number of likely N-dealkylation sites (N-methyl/N-ethyl adjacent to an activating group) is 1. The summed E-state index contributed by atoms with van der Waals surface area (Å²) in [5.41, 5.74) is 1.47. The van der Waals surface area contributed by atoms with E-state index in [9.17, 15) is 14.4 Å². The minimum Gasteiger partial charge on any atom is -0.490 e. The van der Waals surface area contributed by atoms with Crippen molar-refractivity contribution in [3.05, 3.63) is 59.7 Å². The summed E-state index contributed by atoms with van der Waals surface area (Å²) in [7, 11) is 1.78. The fourth-order valence-electron chi connectivity index (χ4n) is 5.46. The summed E-state index contributed by atoms with van der Waals surface area (Å²) >= 11 is 0. The summed E-state index contributed by atoms with van der Waals surface area (Å²) in [6.07, 6.45) is 5.73. The van der Waals surface area contributed by atoms with Crippen molar-refractivity contribution in [2.24, 2.45) is 0 Å². The summed E-state index contributed by atoms with van der Waals surface area (Å²) in [6, 6.07) is 14.2. The van der Waals surface area contributed by atoms with Crippen molar-refractivity contribution in [1.82, 2.24) is 10.2 Å². The Kier molecular flexibility index (Phi) is 7.23. The zero-order valence-corrected chi connectivity index (χ0v) is 20.6. The van der Waals surface area contributed by atoms with Crippen molar-refractivity contribution in [3.63, 3.8) is 0 Å². The molecule has 36 heavy (non-hydrogen) atoms. The first-order valence-corrected chi connectivity index (χ1v) is 12.8. The van der Waals surface area contributed by atoms with Gasteiger partial charge < -0.3 is 25.0 Å². The van der Waals surface area contributed by atoms with Crippen molar-refractivity contribution in [2.75, 3.05) is 19.0 Å². The van der Waals surface area contributed by atoms with Gasteiger partial charge in [0.25, 0.3) is 11.8 Å². The van der Waals surface area contributed by atoms with E-state index in [0.29, 0.717) is 41.4 Å². The van der Waals surface area contributed by atoms with Crippen LogP contribution in [0, 0.1) is 0 Å². The van der Waals surface area contributed by atoms with Crippen LogP contribution in [0.25, 0.3) is 0 Å². The van der Waals surface area contributed by atoms with E-state index in [1.54, 1.807) is 54.4 Å². The molecule has 0 spiro atoms. The highest BCUT2D eigenvalue weighted by atomic mass is 16.5. The van der Waals surface area contributed by atoms with Gasteiger partial charge in [0, 0.05) is 24.3 Å². The van der Waals surface area contributed by atoms with Gasteiger partial charge in [-0.25, -0.2) is 0 Å². The third kappa shape index (κ3) is 5.38. The smallest absolute Gasteiger partial charge is 0.257 e. The van der Waals surface area contributed by atoms with Crippen molar-refractivity contribution in [3.8, 4) is 5.75 Å². The number of amides is 3. The Hall–Kier alpha value is -3.39. The van der Waals surface area contributed by atoms with Gasteiger partial charge in [0.05, 0.1) is 24.1 Å². The van der Waals surface area contributed by atoms with Crippen LogP contribution in [-0.2, 0) is 9.53 Å². The van der Waals surface area contributed by atoms with Gasteiger partial charge in [-0.05, 0) is 56.0 Å². The van der Waals surface area contributed by atoms with E-state index in [-0.39, 0.29) is 42.6 Å². The van der Waals surface area contributed by atoms with Crippen LogP contribution in [0.1, 0.15) is 65.7 Å². The molecule has 3 atom stereocenters. The molecule has 0 aromatic heterocycles. The minimum atomic E-state index is -0.317. The molecule has 5 rings (SSSR count). The Morgan fingerprint density at radius 3 is 2.58 bits per heavy atom. The van der Waals surface area contributed by atoms with Crippen LogP contribution in [0.3, 0.4) is 0 Å². The molecule has 1 saturated carbocycles. The summed E-state index contributed by atoms with van der Waals surface area (Å²) in [5, 5.41) is 5.99. The molecule has 2 aromatic carbocycles. The monoisotopic (exact) mass is 491 g/mol. The topological polar surface area (TPSA) is 97.0 Å². The number of nitrogens with one attached hydrogen (secondary N) is 2. The highest BCUT2D eigenvalue weighted by Gasteiger charge is 2.39. The van der Waals surface area contributed by atoms with Crippen molar-refractivity contribution in [2.45, 2.75) is 69.2 Å². The van der Waals surface area contributed by atoms with Crippen LogP contribution < -0.4 is 15.4 Å². The lowest BCUT2D eigenvalue weighted by Crippen LogP contribution is -2.54. The number of rotatable bonds is 5. The second-order valence-corrected chi connectivity index (χ2v) is 9.95. The van der Waals surface area contributed by atoms with Crippen LogP contribution >= 0.6 is 0 Å². The number of hydrogen-bond acceptors (Lipinski definition) is 5. The molecule has 8 heteroatoms. The molecule has 3 amide bonds. The number of carbonyl (C=O) groups is 3. The molecule has 190 valence electrons. The number of carbonyl (C=O) groups excluding carboxylic acids is 3. The third-order valence-corrected chi connectivity index (χ3v) is 7.44. The lowest BCUT2D eigenvalue weighted by molar-refractivity contribution is -0.134. The molecule has 8 nitrogen and oxygen atoms in total. The van der Waals surface area contributed by atoms with Gasteiger partial charge in [0.2, 0.25) is 5.91 Å². The highest BCUT2D eigenvalue weighted by Crippen LogP contribution is 2.32. The molecule has 1 saturated heterocycles. The Bertz CT molecular complexity index is 1120. The van der Waals surface area contributed by atoms with E-state index >= 15 is 0 Å². The Labute approximate surface area is 211 Å². The van der Waals surface area contributed by atoms with Crippen molar-refractivity contribution < 1.29 is 23.9 Å². The molecule has 3 aliphatic rings. The summed E-state index contributed by atoms with van der Waals surface area (Å²) in [4.78, 5) is 40.2. The van der Waals surface area contributed by atoms with Gasteiger partial charge in [-0.15, -0.1) is 0 Å². The zero-order chi connectivity index (χ0) is 25.1. The predicted molar refractivity (Wildman–Crippen MR) is 135 cm³/mol. The lowest BCUT2D eigenvalue weighted by atomic mass is 9.94. The lowest BCUT2D eigenvalue weighted by Gasteiger charge is -2.42. The number of hydrogen-bond donors (Lipinski definition) is 2. The van der Waals surface area contributed by atoms with E-state index in [4.69, 9.17) is 9.47 Å². The largest absolute Gasteiger partial charge is 0.490 e. The van der Waals surface area contributed by atoms with Gasteiger partial charge in [-0.1, -0.05) is 31.0 Å². The highest BCUT2D eigenvalue weighted by molar-refractivity contribution is 6.05. The maximum absolute atomic E-state index is 13.4. The molecule has 2 fully saturated rings. The van der Waals surface area contributed by atoms with E-state index in [1.807, 2.05) is 6.07 Å². The quantitative estimate of drug-likeness (QED) is 0.664. The first-order chi connectivity index (χ1) is 17.5. The molecule has 0 bridgehead atoms. The summed E-state index contributed by atoms with van der Waals surface area (Å²) in [6.45, 7) is 0.283. The van der Waals surface area contributed by atoms with E-state index < -0.39 is 0 Å². The maximum Gasteiger partial charge on any atom is 0.257 e. The second kappa shape index (κ2) is 10.7. The number of benzene rings is 2. The molecular formula is C28H33N3O5. The van der Waals surface area contributed by atoms with E-state index in [0.717, 1.165) is 19.3 Å². The van der Waals surface area contributed by atoms with Crippen LogP contribution in [0.2, 0.25) is 0 Å². The van der Waals surface area contributed by atoms with Crippen LogP contribution in [0.5, 0.6) is 5.75 Å². The zero-order valence-electron chi connectivity index (χ0n) is 20.6. The van der Waals surface area contributed by atoms with Crippen molar-refractivity contribution >= 4 is 23.4 Å². The summed E-state index contributed by atoms with van der Waals surface area (Å²) < 4.78 is 12.3. The maximum atomic E-state index is 13.4. The number of ether oxygens (including phenoxy) is 2. The van der Waals surface area contributed by atoms with Gasteiger partial charge in [0.15, 0.2) is 0 Å². The standard InChI is InChI=1S/C28H33N3O5/c1-31-23-13-12-21(16-26(32)29-19-9-5-6-10-19)36-25(23)17-35-24-14-11-20(15-22(24)28(31)34)30-27(33)18-7-3-2-4-8-18/h2-4,7-8,11,14-15,19,21,23,25H,5-6,9-10,12-13,16-17H2,1H3,(H,29,32)(H,30,33)/t21-,23-,25+/m0/s1. The average Bonchev–Trinajstić information content (AvgIpc) is 3.40. The number of fused-ring (bicyclic) bond motifs is 2. The van der Waals surface area contributed by atoms with E-state index in [1.165, 1.54) is 12.8 Å². The Balaban J connectivity index is 1.25. The first kappa shape index (κ1) is 24.3. The molecule has 2 aliphatic heterocycles. The fraction of sp³-hybridized carbons (Fsp3) is 0.464. The molecule has 1 aliphatic carbocycles. The van der Waals surface area contributed by atoms with Gasteiger partial charge in [-0.3, -0.25) is 14.4 Å². The molecule has 0 radical (unpaired) electrons. The predicted octanol–water partition coefficient (Wildman–Crippen LogP) is 3.77. The fourth-order valence-corrected chi connectivity index (χ4v) is 5.46. The third-order valence-electron chi connectivity index (χ3n) is 7.44. The molecule has 2 N–H and O–H groups in total. The van der Waals surface area contributed by atoms with E-state index in [2.05, 4.69) is 10.6 Å². The Morgan fingerprint density at radius 2 is 1.81 bits per heavy atom. The average molecular weight is 492 g/mol. The molecule has 2 aromatic rings. The Morgan fingerprint density at radius 1 is 1.03 bits per heavy atom. The SMILES string of the molecule is CN1C(=O)c2cc(NC(=O)c3ccccc3)ccc2OC[C@H]2O[C@H](CC(=O)NC3CCCC3)CC[C@@H]21. The van der Waals surface area contributed by atoms with Gasteiger partial charge in [0.1, 0.15) is 18.5 Å². The number of nitrogens with zero attached hydrogens (tertiary/aromatic N) is 1. The van der Waals surface area contributed by atoms with Gasteiger partial charge >= 0.3 is 0 Å². The van der Waals surface area contributed by atoms with Crippen LogP contribution in [0.4, 0.5) is 5.69 Å². The van der Waals surface area contributed by atoms with Gasteiger partial charge in [-0.2, -0.15) is 0 Å².